The minimum atomic E-state index is -1.00. The lowest BCUT2D eigenvalue weighted by Gasteiger charge is -2.16. The summed E-state index contributed by atoms with van der Waals surface area (Å²) in [6, 6.07) is 12.9. The van der Waals surface area contributed by atoms with E-state index in [2.05, 4.69) is 5.32 Å². The Kier molecular flexibility index (Phi) is 5.74. The molecule has 0 heterocycles. The molecule has 0 aromatic heterocycles. The van der Waals surface area contributed by atoms with Gasteiger partial charge in [0.15, 0.2) is 0 Å². The molecule has 2 N–H and O–H groups in total. The fourth-order valence-electron chi connectivity index (χ4n) is 2.52. The van der Waals surface area contributed by atoms with E-state index in [-0.39, 0.29) is 18.2 Å². The van der Waals surface area contributed by atoms with E-state index in [4.69, 9.17) is 0 Å². The molecule has 0 aliphatic heterocycles. The van der Waals surface area contributed by atoms with Gasteiger partial charge in [0.25, 0.3) is 0 Å². The van der Waals surface area contributed by atoms with Crippen molar-refractivity contribution in [1.82, 2.24) is 5.32 Å². The van der Waals surface area contributed by atoms with Crippen LogP contribution in [0.4, 0.5) is 0 Å². The summed E-state index contributed by atoms with van der Waals surface area (Å²) in [4.78, 5) is 23.4. The van der Waals surface area contributed by atoms with Gasteiger partial charge in [-0.25, -0.2) is 4.79 Å². The molecule has 2 aromatic carbocycles. The fourth-order valence-corrected chi connectivity index (χ4v) is 2.52. The molecule has 0 saturated heterocycles. The van der Waals surface area contributed by atoms with Crippen molar-refractivity contribution in [3.8, 4) is 0 Å². The summed E-state index contributed by atoms with van der Waals surface area (Å²) >= 11 is 0. The second-order valence-corrected chi connectivity index (χ2v) is 6.06. The first-order valence-electron chi connectivity index (χ1n) is 7.99. The predicted octanol–water partition coefficient (Wildman–Crippen LogP) is 3.39. The van der Waals surface area contributed by atoms with E-state index in [9.17, 15) is 14.7 Å². The minimum Gasteiger partial charge on any atom is -0.480 e. The number of carbonyl (C=O) groups is 2. The third-order valence-electron chi connectivity index (χ3n) is 4.12. The smallest absolute Gasteiger partial charge is 0.326 e. The van der Waals surface area contributed by atoms with Crippen LogP contribution < -0.4 is 5.32 Å². The Hall–Kier alpha value is -2.36. The molecule has 0 aliphatic carbocycles. The molecule has 4 nitrogen and oxygen atoms in total. The first-order chi connectivity index (χ1) is 11.0. The van der Waals surface area contributed by atoms with Gasteiger partial charge < -0.3 is 10.4 Å². The molecule has 122 valence electrons. The molecule has 0 spiro atoms. The number of hydrogen-bond donors (Lipinski definition) is 2. The molecule has 23 heavy (non-hydrogen) atoms. The van der Waals surface area contributed by atoms with Crippen LogP contribution in [0.1, 0.15) is 32.3 Å². The normalized spacial score (nSPS) is 13.5. The average molecular weight is 313 g/mol. The maximum atomic E-state index is 12.0. The molecule has 0 fully saturated rings. The third kappa shape index (κ3) is 4.81. The molecule has 0 aliphatic rings. The van der Waals surface area contributed by atoms with Gasteiger partial charge in [0.05, 0.1) is 0 Å². The molecular formula is C19H23NO3. The number of fused-ring (bicyclic) bond motifs is 1. The van der Waals surface area contributed by atoms with E-state index in [0.29, 0.717) is 6.42 Å². The highest BCUT2D eigenvalue weighted by atomic mass is 16.4. The van der Waals surface area contributed by atoms with E-state index in [0.717, 1.165) is 22.8 Å². The number of benzene rings is 2. The number of hydrogen-bond acceptors (Lipinski definition) is 2. The van der Waals surface area contributed by atoms with Crippen molar-refractivity contribution in [2.75, 3.05) is 0 Å². The van der Waals surface area contributed by atoms with Gasteiger partial charge in [0, 0.05) is 12.8 Å². The standard InChI is InChI=1S/C19H23NO3/c1-3-13(2)10-18(21)20-17(19(22)23)12-14-8-9-15-6-4-5-7-16(15)11-14/h4-9,11,13,17H,3,10,12H2,1-2H3,(H,20,21)(H,22,23). The number of nitrogens with one attached hydrogen (secondary N) is 1. The Labute approximate surface area is 136 Å². The van der Waals surface area contributed by atoms with E-state index in [1.54, 1.807) is 0 Å². The number of aliphatic carboxylic acids is 1. The molecule has 2 unspecified atom stereocenters. The van der Waals surface area contributed by atoms with Crippen molar-refractivity contribution in [1.29, 1.82) is 0 Å². The molecule has 0 saturated carbocycles. The van der Waals surface area contributed by atoms with E-state index >= 15 is 0 Å². The molecule has 0 bridgehead atoms. The van der Waals surface area contributed by atoms with Crippen LogP contribution in [0.5, 0.6) is 0 Å². The Morgan fingerprint density at radius 3 is 2.48 bits per heavy atom. The van der Waals surface area contributed by atoms with Crippen LogP contribution in [0, 0.1) is 5.92 Å². The highest BCUT2D eigenvalue weighted by Gasteiger charge is 2.21. The van der Waals surface area contributed by atoms with Crippen molar-refractivity contribution in [2.45, 2.75) is 39.2 Å². The molecule has 4 heteroatoms. The van der Waals surface area contributed by atoms with Crippen molar-refractivity contribution < 1.29 is 14.7 Å². The van der Waals surface area contributed by atoms with Crippen LogP contribution in [0.2, 0.25) is 0 Å². The molecule has 0 radical (unpaired) electrons. The largest absolute Gasteiger partial charge is 0.480 e. The number of carbonyl (C=O) groups excluding carboxylic acids is 1. The molecule has 2 aromatic rings. The van der Waals surface area contributed by atoms with Gasteiger partial charge in [0.1, 0.15) is 6.04 Å². The Balaban J connectivity index is 2.08. The van der Waals surface area contributed by atoms with E-state index in [1.807, 2.05) is 56.3 Å². The topological polar surface area (TPSA) is 66.4 Å². The lowest BCUT2D eigenvalue weighted by molar-refractivity contribution is -0.141. The van der Waals surface area contributed by atoms with Gasteiger partial charge >= 0.3 is 5.97 Å². The zero-order valence-electron chi connectivity index (χ0n) is 13.6. The SMILES string of the molecule is CCC(C)CC(=O)NC(Cc1ccc2ccccc2c1)C(=O)O. The van der Waals surface area contributed by atoms with Gasteiger partial charge in [-0.05, 0) is 22.3 Å². The lowest BCUT2D eigenvalue weighted by atomic mass is 10.0. The number of carboxylic acids is 1. The van der Waals surface area contributed by atoms with Crippen LogP contribution in [0.25, 0.3) is 10.8 Å². The third-order valence-corrected chi connectivity index (χ3v) is 4.12. The maximum Gasteiger partial charge on any atom is 0.326 e. The molecule has 2 atom stereocenters. The van der Waals surface area contributed by atoms with E-state index in [1.165, 1.54) is 0 Å². The summed E-state index contributed by atoms with van der Waals surface area (Å²) < 4.78 is 0. The predicted molar refractivity (Wildman–Crippen MR) is 91.3 cm³/mol. The summed E-state index contributed by atoms with van der Waals surface area (Å²) in [6.07, 6.45) is 1.54. The van der Waals surface area contributed by atoms with Crippen LogP contribution >= 0.6 is 0 Å². The quantitative estimate of drug-likeness (QED) is 0.823. The zero-order chi connectivity index (χ0) is 16.8. The number of rotatable bonds is 7. The number of amides is 1. The number of carboxylic acid groups (broad SMARTS) is 1. The van der Waals surface area contributed by atoms with Crippen LogP contribution in [0.15, 0.2) is 42.5 Å². The summed E-state index contributed by atoms with van der Waals surface area (Å²) in [7, 11) is 0. The van der Waals surface area contributed by atoms with Crippen LogP contribution in [-0.2, 0) is 16.0 Å². The van der Waals surface area contributed by atoms with Crippen LogP contribution in [-0.4, -0.2) is 23.0 Å². The molecule has 2 rings (SSSR count). The summed E-state index contributed by atoms with van der Waals surface area (Å²) in [5, 5.41) is 14.2. The average Bonchev–Trinajstić information content (AvgIpc) is 2.53. The van der Waals surface area contributed by atoms with Gasteiger partial charge in [-0.1, -0.05) is 62.7 Å². The zero-order valence-corrected chi connectivity index (χ0v) is 13.6. The monoisotopic (exact) mass is 313 g/mol. The Bertz CT molecular complexity index is 696. The van der Waals surface area contributed by atoms with Crippen molar-refractivity contribution in [3.05, 3.63) is 48.0 Å². The van der Waals surface area contributed by atoms with Gasteiger partial charge in [0.2, 0.25) is 5.91 Å². The Morgan fingerprint density at radius 2 is 1.83 bits per heavy atom. The highest BCUT2D eigenvalue weighted by molar-refractivity contribution is 5.85. The van der Waals surface area contributed by atoms with Gasteiger partial charge in [-0.3, -0.25) is 4.79 Å². The maximum absolute atomic E-state index is 12.0. The Morgan fingerprint density at radius 1 is 1.13 bits per heavy atom. The second-order valence-electron chi connectivity index (χ2n) is 6.06. The first-order valence-corrected chi connectivity index (χ1v) is 7.99. The van der Waals surface area contributed by atoms with Crippen molar-refractivity contribution in [3.63, 3.8) is 0 Å². The summed E-state index contributed by atoms with van der Waals surface area (Å²) in [5.74, 6) is -0.951. The van der Waals surface area contributed by atoms with Crippen LogP contribution in [0.3, 0.4) is 0 Å². The van der Waals surface area contributed by atoms with Crippen molar-refractivity contribution in [2.24, 2.45) is 5.92 Å². The second kappa shape index (κ2) is 7.77. The van der Waals surface area contributed by atoms with Gasteiger partial charge in [-0.2, -0.15) is 0 Å². The summed E-state index contributed by atoms with van der Waals surface area (Å²) in [6.45, 7) is 4.00. The summed E-state index contributed by atoms with van der Waals surface area (Å²) in [5.41, 5.74) is 0.903. The first kappa shape index (κ1) is 17.0. The minimum absolute atomic E-state index is 0.201. The van der Waals surface area contributed by atoms with E-state index < -0.39 is 12.0 Å². The lowest BCUT2D eigenvalue weighted by Crippen LogP contribution is -2.42. The highest BCUT2D eigenvalue weighted by Crippen LogP contribution is 2.17. The van der Waals surface area contributed by atoms with Gasteiger partial charge in [-0.15, -0.1) is 0 Å². The molecule has 1 amide bonds. The fraction of sp³-hybridized carbons (Fsp3) is 0.368. The molecular weight excluding hydrogens is 290 g/mol. The van der Waals surface area contributed by atoms with Crippen molar-refractivity contribution >= 4 is 22.6 Å².